The molecule has 1 aromatic heterocycles. The smallest absolute Gasteiger partial charge is 0.143 e. The van der Waals surface area contributed by atoms with E-state index in [0.717, 1.165) is 37.1 Å². The highest BCUT2D eigenvalue weighted by Gasteiger charge is 2.19. The van der Waals surface area contributed by atoms with Gasteiger partial charge in [-0.25, -0.2) is 0 Å². The summed E-state index contributed by atoms with van der Waals surface area (Å²) in [7, 11) is 0. The lowest BCUT2D eigenvalue weighted by Gasteiger charge is -2.15. The summed E-state index contributed by atoms with van der Waals surface area (Å²) in [6.45, 7) is 0. The predicted octanol–water partition coefficient (Wildman–Crippen LogP) is 9.48. The van der Waals surface area contributed by atoms with Crippen LogP contribution < -0.4 is 0 Å². The van der Waals surface area contributed by atoms with Crippen LogP contribution in [-0.2, 0) is 0 Å². The fraction of sp³-hybridized carbons (Fsp3) is 0. The highest BCUT2D eigenvalue weighted by atomic mass is 79.9. The molecule has 1 heterocycles. The van der Waals surface area contributed by atoms with Gasteiger partial charge >= 0.3 is 0 Å². The molecule has 0 N–H and O–H groups in total. The molecular formula is C30H17BrO. The van der Waals surface area contributed by atoms with E-state index in [0.29, 0.717) is 16.4 Å². The summed E-state index contributed by atoms with van der Waals surface area (Å²) in [5.74, 6) is 0. The van der Waals surface area contributed by atoms with Gasteiger partial charge in [-0.15, -0.1) is 0 Å². The first-order valence-corrected chi connectivity index (χ1v) is 11.0. The van der Waals surface area contributed by atoms with Crippen molar-refractivity contribution < 1.29 is 12.6 Å². The van der Waals surface area contributed by atoms with Crippen LogP contribution in [-0.4, -0.2) is 0 Å². The zero-order chi connectivity index (χ0) is 26.5. The van der Waals surface area contributed by atoms with Crippen LogP contribution in [0.4, 0.5) is 0 Å². The average Bonchev–Trinajstić information content (AvgIpc) is 3.33. The third kappa shape index (κ3) is 2.39. The number of hydrogen-bond donors (Lipinski definition) is 0. The van der Waals surface area contributed by atoms with Crippen molar-refractivity contribution in [3.63, 3.8) is 0 Å². The van der Waals surface area contributed by atoms with Crippen LogP contribution in [0.25, 0.3) is 65.4 Å². The van der Waals surface area contributed by atoms with Gasteiger partial charge in [-0.05, 0) is 66.1 Å². The minimum atomic E-state index is -0.431. The highest BCUT2D eigenvalue weighted by Crippen LogP contribution is 2.46. The zero-order valence-corrected chi connectivity index (χ0v) is 18.2. The van der Waals surface area contributed by atoms with Crippen LogP contribution in [0.5, 0.6) is 0 Å². The molecule has 7 rings (SSSR count). The van der Waals surface area contributed by atoms with E-state index in [1.807, 2.05) is 36.4 Å². The van der Waals surface area contributed by atoms with Crippen molar-refractivity contribution in [2.75, 3.05) is 0 Å². The van der Waals surface area contributed by atoms with Crippen LogP contribution in [0.1, 0.15) is 8.22 Å². The fourth-order valence-electron chi connectivity index (χ4n) is 4.72. The molecule has 0 spiro atoms. The van der Waals surface area contributed by atoms with Gasteiger partial charge in [0.05, 0.1) is 8.22 Å². The van der Waals surface area contributed by atoms with Crippen molar-refractivity contribution >= 4 is 70.2 Å². The second-order valence-electron chi connectivity index (χ2n) is 7.77. The van der Waals surface area contributed by atoms with Crippen LogP contribution in [0.3, 0.4) is 0 Å². The molecule has 0 radical (unpaired) electrons. The van der Waals surface area contributed by atoms with Crippen molar-refractivity contribution in [1.82, 2.24) is 0 Å². The van der Waals surface area contributed by atoms with Crippen LogP contribution >= 0.6 is 15.9 Å². The molecule has 6 aromatic carbocycles. The number of halogens is 1. The summed E-state index contributed by atoms with van der Waals surface area (Å²) in [6.07, 6.45) is 0. The Morgan fingerprint density at radius 1 is 0.625 bits per heavy atom. The van der Waals surface area contributed by atoms with Crippen LogP contribution in [0, 0.1) is 0 Å². The molecule has 32 heavy (non-hydrogen) atoms. The maximum atomic E-state index is 8.97. The Kier molecular flexibility index (Phi) is 2.73. The Bertz CT molecular complexity index is 2110. The first-order valence-electron chi connectivity index (χ1n) is 13.2. The van der Waals surface area contributed by atoms with E-state index in [9.17, 15) is 0 Å². The van der Waals surface area contributed by atoms with E-state index in [4.69, 9.17) is 12.6 Å². The van der Waals surface area contributed by atoms with Crippen LogP contribution in [0.15, 0.2) is 112 Å². The third-order valence-corrected chi connectivity index (χ3v) is 6.93. The molecular weight excluding hydrogens is 456 g/mol. The second kappa shape index (κ2) is 6.69. The van der Waals surface area contributed by atoms with E-state index in [2.05, 4.69) is 40.2 Å². The molecule has 0 fully saturated rings. The Hall–Kier alpha value is -3.62. The van der Waals surface area contributed by atoms with E-state index in [1.165, 1.54) is 0 Å². The largest absolute Gasteiger partial charge is 0.455 e. The molecule has 0 bridgehead atoms. The minimum Gasteiger partial charge on any atom is -0.455 e. The third-order valence-electron chi connectivity index (χ3n) is 6.08. The van der Waals surface area contributed by atoms with E-state index in [1.54, 1.807) is 6.07 Å². The Balaban J connectivity index is 1.76. The SMILES string of the molecule is [2H]c1c([2H])c([2H])c2c(c1[2H])c([2H])c([2H])c1c2oc2cccc(-c3c4ccccc4c(Br)c4ccccc34)c21. The lowest BCUT2D eigenvalue weighted by molar-refractivity contribution is 0.673. The number of benzene rings is 6. The molecule has 0 aliphatic carbocycles. The number of hydrogen-bond acceptors (Lipinski definition) is 1. The summed E-state index contributed by atoms with van der Waals surface area (Å²) < 4.78 is 58.4. The van der Waals surface area contributed by atoms with Crippen molar-refractivity contribution in [2.24, 2.45) is 0 Å². The van der Waals surface area contributed by atoms with Gasteiger partial charge < -0.3 is 4.42 Å². The molecule has 0 amide bonds. The van der Waals surface area contributed by atoms with E-state index < -0.39 is 12.1 Å². The second-order valence-corrected chi connectivity index (χ2v) is 8.56. The molecule has 150 valence electrons. The van der Waals surface area contributed by atoms with Gasteiger partial charge in [0.1, 0.15) is 11.2 Å². The fourth-order valence-corrected chi connectivity index (χ4v) is 5.41. The summed E-state index contributed by atoms with van der Waals surface area (Å²) in [4.78, 5) is 0. The van der Waals surface area contributed by atoms with E-state index >= 15 is 0 Å². The Labute approximate surface area is 201 Å². The van der Waals surface area contributed by atoms with Gasteiger partial charge in [-0.3, -0.25) is 0 Å². The molecule has 2 heteroatoms. The predicted molar refractivity (Wildman–Crippen MR) is 139 cm³/mol. The topological polar surface area (TPSA) is 13.1 Å². The summed E-state index contributed by atoms with van der Waals surface area (Å²) in [6, 6.07) is 20.0. The van der Waals surface area contributed by atoms with Gasteiger partial charge in [0.2, 0.25) is 0 Å². The van der Waals surface area contributed by atoms with Crippen molar-refractivity contribution in [3.05, 3.63) is 107 Å². The highest BCUT2D eigenvalue weighted by molar-refractivity contribution is 9.10. The Morgan fingerprint density at radius 2 is 1.31 bits per heavy atom. The normalized spacial score (nSPS) is 14.5. The average molecular weight is 479 g/mol. The molecule has 0 saturated heterocycles. The summed E-state index contributed by atoms with van der Waals surface area (Å²) in [5.41, 5.74) is 2.48. The molecule has 1 nitrogen and oxygen atoms in total. The first-order chi connectivity index (χ1) is 18.3. The summed E-state index contributed by atoms with van der Waals surface area (Å²) in [5, 5.41) is 5.24. The lowest BCUT2D eigenvalue weighted by atomic mass is 9.89. The molecule has 0 aliphatic heterocycles. The number of rotatable bonds is 1. The number of fused-ring (bicyclic) bond motifs is 7. The van der Waals surface area contributed by atoms with Gasteiger partial charge in [0.25, 0.3) is 0 Å². The first kappa shape index (κ1) is 13.0. The monoisotopic (exact) mass is 478 g/mol. The standard InChI is InChI=1S/C30H17BrO/c31-29-22-12-5-3-10-20(22)27(21-11-4-6-13-23(21)29)24-14-7-15-26-28(24)25-17-16-18-8-1-2-9-19(18)30(25)32-26/h1-17H/i1D,2D,8D,9D,16D,17D. The summed E-state index contributed by atoms with van der Waals surface area (Å²) >= 11 is 3.80. The van der Waals surface area contributed by atoms with Gasteiger partial charge in [0.15, 0.2) is 0 Å². The molecule has 0 unspecified atom stereocenters. The molecule has 0 atom stereocenters. The maximum Gasteiger partial charge on any atom is 0.143 e. The van der Waals surface area contributed by atoms with Crippen LogP contribution in [0.2, 0.25) is 0 Å². The van der Waals surface area contributed by atoms with Crippen molar-refractivity contribution in [1.29, 1.82) is 0 Å². The quantitative estimate of drug-likeness (QED) is 0.214. The molecule has 7 aromatic rings. The molecule has 0 saturated carbocycles. The van der Waals surface area contributed by atoms with Gasteiger partial charge in [0, 0.05) is 20.6 Å². The molecule has 0 aliphatic rings. The Morgan fingerprint density at radius 3 is 2.06 bits per heavy atom. The minimum absolute atomic E-state index is 0.00588. The van der Waals surface area contributed by atoms with Crippen molar-refractivity contribution in [2.45, 2.75) is 0 Å². The van der Waals surface area contributed by atoms with Crippen molar-refractivity contribution in [3.8, 4) is 11.1 Å². The van der Waals surface area contributed by atoms with Gasteiger partial charge in [-0.2, -0.15) is 0 Å². The number of furan rings is 1. The maximum absolute atomic E-state index is 8.97. The zero-order valence-electron chi connectivity index (χ0n) is 22.6. The van der Waals surface area contributed by atoms with E-state index in [-0.39, 0.29) is 40.5 Å². The van der Waals surface area contributed by atoms with Gasteiger partial charge in [-0.1, -0.05) is 90.9 Å². The lowest BCUT2D eigenvalue weighted by Crippen LogP contribution is -1.88.